The van der Waals surface area contributed by atoms with E-state index in [0.717, 1.165) is 0 Å². The van der Waals surface area contributed by atoms with Gasteiger partial charge in [-0.25, -0.2) is 4.79 Å². The Bertz CT molecular complexity index is 667. The zero-order chi connectivity index (χ0) is 14.3. The Morgan fingerprint density at radius 3 is 2.75 bits per heavy atom. The van der Waals surface area contributed by atoms with Gasteiger partial charge in [0.1, 0.15) is 5.54 Å². The molecule has 2 saturated heterocycles. The molecular formula is C12H12N4O4. The van der Waals surface area contributed by atoms with E-state index in [-0.39, 0.29) is 23.6 Å². The van der Waals surface area contributed by atoms with Crippen molar-refractivity contribution in [1.82, 2.24) is 20.5 Å². The van der Waals surface area contributed by atoms with Crippen LogP contribution in [0.3, 0.4) is 0 Å². The van der Waals surface area contributed by atoms with Crippen LogP contribution < -0.4 is 16.2 Å². The Labute approximate surface area is 113 Å². The standard InChI is InChI=1S/C12H12N4O4/c17-8-5-7(1-3-13-8)9(18)16-4-2-12(6-16)10(19)14-11(20)15-12/h1,3,5H,2,4,6H2,(H,13,17)(H2,14,15,19,20). The number of amides is 4. The van der Waals surface area contributed by atoms with Crippen molar-refractivity contribution in [2.45, 2.75) is 12.0 Å². The average Bonchev–Trinajstić information content (AvgIpc) is 2.94. The van der Waals surface area contributed by atoms with Gasteiger partial charge in [-0.05, 0) is 12.5 Å². The van der Waals surface area contributed by atoms with Gasteiger partial charge in [-0.2, -0.15) is 0 Å². The molecule has 2 aliphatic rings. The van der Waals surface area contributed by atoms with Gasteiger partial charge in [0, 0.05) is 24.4 Å². The molecule has 0 radical (unpaired) electrons. The second kappa shape index (κ2) is 4.19. The minimum absolute atomic E-state index is 0.107. The zero-order valence-corrected chi connectivity index (χ0v) is 10.4. The first-order valence-corrected chi connectivity index (χ1v) is 6.12. The van der Waals surface area contributed by atoms with Gasteiger partial charge in [0.05, 0.1) is 6.54 Å². The average molecular weight is 276 g/mol. The Morgan fingerprint density at radius 2 is 2.10 bits per heavy atom. The first kappa shape index (κ1) is 12.4. The molecule has 0 saturated carbocycles. The van der Waals surface area contributed by atoms with Crippen LogP contribution in [0.5, 0.6) is 0 Å². The van der Waals surface area contributed by atoms with Crippen LogP contribution in [-0.4, -0.2) is 46.4 Å². The maximum absolute atomic E-state index is 12.3. The number of pyridine rings is 1. The van der Waals surface area contributed by atoms with Gasteiger partial charge in [0.2, 0.25) is 5.56 Å². The molecule has 1 unspecified atom stereocenters. The third-order valence-electron chi connectivity index (χ3n) is 3.59. The number of carbonyl (C=O) groups is 3. The highest BCUT2D eigenvalue weighted by Gasteiger charge is 2.51. The number of urea groups is 1. The molecule has 0 bridgehead atoms. The van der Waals surface area contributed by atoms with E-state index in [1.165, 1.54) is 23.2 Å². The summed E-state index contributed by atoms with van der Waals surface area (Å²) in [5.74, 6) is -0.745. The van der Waals surface area contributed by atoms with E-state index >= 15 is 0 Å². The van der Waals surface area contributed by atoms with Crippen molar-refractivity contribution < 1.29 is 14.4 Å². The van der Waals surface area contributed by atoms with Crippen LogP contribution in [0.2, 0.25) is 0 Å². The molecule has 0 aliphatic carbocycles. The van der Waals surface area contributed by atoms with Crippen molar-refractivity contribution in [2.24, 2.45) is 0 Å². The van der Waals surface area contributed by atoms with Crippen LogP contribution in [0.4, 0.5) is 4.79 Å². The van der Waals surface area contributed by atoms with Crippen molar-refractivity contribution in [3.05, 3.63) is 34.2 Å². The van der Waals surface area contributed by atoms with Crippen molar-refractivity contribution in [1.29, 1.82) is 0 Å². The van der Waals surface area contributed by atoms with Crippen LogP contribution in [0, 0.1) is 0 Å². The second-order valence-electron chi connectivity index (χ2n) is 4.91. The van der Waals surface area contributed by atoms with Crippen LogP contribution >= 0.6 is 0 Å². The van der Waals surface area contributed by atoms with E-state index in [2.05, 4.69) is 15.6 Å². The first-order chi connectivity index (χ1) is 9.50. The minimum Gasteiger partial charge on any atom is -0.336 e. The highest BCUT2D eigenvalue weighted by molar-refractivity contribution is 6.08. The molecule has 1 aromatic rings. The summed E-state index contributed by atoms with van der Waals surface area (Å²) in [4.78, 5) is 50.3. The number of hydrogen-bond acceptors (Lipinski definition) is 4. The molecule has 4 amide bonds. The van der Waals surface area contributed by atoms with E-state index < -0.39 is 17.5 Å². The summed E-state index contributed by atoms with van der Waals surface area (Å²) in [6, 6.07) is 2.17. The lowest BCUT2D eigenvalue weighted by molar-refractivity contribution is -0.123. The number of rotatable bonds is 1. The fraction of sp³-hybridized carbons (Fsp3) is 0.333. The lowest BCUT2D eigenvalue weighted by atomic mass is 9.99. The first-order valence-electron chi connectivity index (χ1n) is 6.12. The van der Waals surface area contributed by atoms with Crippen molar-refractivity contribution in [3.63, 3.8) is 0 Å². The number of hydrogen-bond donors (Lipinski definition) is 3. The predicted molar refractivity (Wildman–Crippen MR) is 67.0 cm³/mol. The number of nitrogens with one attached hydrogen (secondary N) is 3. The predicted octanol–water partition coefficient (Wildman–Crippen LogP) is -1.20. The smallest absolute Gasteiger partial charge is 0.322 e. The molecular weight excluding hydrogens is 264 g/mol. The Morgan fingerprint density at radius 1 is 1.30 bits per heavy atom. The SMILES string of the molecule is O=C1NC(=O)C2(CCN(C(=O)c3cc[nH]c(=O)c3)C2)N1. The Balaban J connectivity index is 1.81. The normalized spacial score (nSPS) is 24.9. The summed E-state index contributed by atoms with van der Waals surface area (Å²) in [5, 5.41) is 4.74. The molecule has 3 N–H and O–H groups in total. The van der Waals surface area contributed by atoms with Crippen molar-refractivity contribution >= 4 is 17.8 Å². The third-order valence-corrected chi connectivity index (χ3v) is 3.59. The minimum atomic E-state index is -1.03. The molecule has 1 spiro atoms. The number of H-pyrrole nitrogens is 1. The van der Waals surface area contributed by atoms with Crippen LogP contribution in [0.15, 0.2) is 23.1 Å². The number of imide groups is 1. The molecule has 2 fully saturated rings. The molecule has 3 heterocycles. The Kier molecular flexibility index (Phi) is 2.60. The van der Waals surface area contributed by atoms with Gasteiger partial charge in [-0.1, -0.05) is 0 Å². The summed E-state index contributed by atoms with van der Waals surface area (Å²) < 4.78 is 0. The summed E-state index contributed by atoms with van der Waals surface area (Å²) >= 11 is 0. The van der Waals surface area contributed by atoms with E-state index in [0.29, 0.717) is 13.0 Å². The molecule has 3 rings (SSSR count). The second-order valence-corrected chi connectivity index (χ2v) is 4.91. The maximum Gasteiger partial charge on any atom is 0.322 e. The number of likely N-dealkylation sites (tertiary alicyclic amines) is 1. The highest BCUT2D eigenvalue weighted by atomic mass is 16.2. The van der Waals surface area contributed by atoms with Crippen LogP contribution in [-0.2, 0) is 4.79 Å². The molecule has 8 heteroatoms. The van der Waals surface area contributed by atoms with Crippen LogP contribution in [0.25, 0.3) is 0 Å². The van der Waals surface area contributed by atoms with Gasteiger partial charge in [0.15, 0.2) is 0 Å². The van der Waals surface area contributed by atoms with E-state index in [1.54, 1.807) is 0 Å². The van der Waals surface area contributed by atoms with E-state index in [4.69, 9.17) is 0 Å². The third kappa shape index (κ3) is 1.85. The Hall–Kier alpha value is -2.64. The number of nitrogens with zero attached hydrogens (tertiary/aromatic N) is 1. The number of aromatic amines is 1. The van der Waals surface area contributed by atoms with Gasteiger partial charge in [-0.3, -0.25) is 19.7 Å². The molecule has 1 aromatic heterocycles. The highest BCUT2D eigenvalue weighted by Crippen LogP contribution is 2.25. The lowest BCUT2D eigenvalue weighted by Gasteiger charge is -2.21. The fourth-order valence-corrected chi connectivity index (χ4v) is 2.56. The van der Waals surface area contributed by atoms with Crippen molar-refractivity contribution in [3.8, 4) is 0 Å². The van der Waals surface area contributed by atoms with E-state index in [1.807, 2.05) is 0 Å². The summed E-state index contributed by atoms with van der Waals surface area (Å²) in [7, 11) is 0. The fourth-order valence-electron chi connectivity index (χ4n) is 2.56. The number of aromatic nitrogens is 1. The molecule has 104 valence electrons. The van der Waals surface area contributed by atoms with Gasteiger partial charge in [0.25, 0.3) is 11.8 Å². The van der Waals surface area contributed by atoms with Crippen LogP contribution in [0.1, 0.15) is 16.8 Å². The summed E-state index contributed by atoms with van der Waals surface area (Å²) in [5.41, 5.74) is -1.14. The molecule has 2 aliphatic heterocycles. The van der Waals surface area contributed by atoms with Gasteiger partial charge >= 0.3 is 6.03 Å². The largest absolute Gasteiger partial charge is 0.336 e. The molecule has 1 atom stereocenters. The maximum atomic E-state index is 12.3. The summed E-state index contributed by atoms with van der Waals surface area (Å²) in [6.45, 7) is 0.454. The van der Waals surface area contributed by atoms with Gasteiger partial charge < -0.3 is 15.2 Å². The molecule has 0 aromatic carbocycles. The zero-order valence-electron chi connectivity index (χ0n) is 10.4. The van der Waals surface area contributed by atoms with E-state index in [9.17, 15) is 19.2 Å². The van der Waals surface area contributed by atoms with Crippen molar-refractivity contribution in [2.75, 3.05) is 13.1 Å². The van der Waals surface area contributed by atoms with Gasteiger partial charge in [-0.15, -0.1) is 0 Å². The number of carbonyl (C=O) groups excluding carboxylic acids is 3. The quantitative estimate of drug-likeness (QED) is 0.559. The summed E-state index contributed by atoms with van der Waals surface area (Å²) in [6.07, 6.45) is 1.75. The monoisotopic (exact) mass is 276 g/mol. The lowest BCUT2D eigenvalue weighted by Crippen LogP contribution is -2.49. The topological polar surface area (TPSA) is 111 Å². The molecule has 20 heavy (non-hydrogen) atoms. The molecule has 8 nitrogen and oxygen atoms in total.